The van der Waals surface area contributed by atoms with Gasteiger partial charge in [0.25, 0.3) is 11.5 Å². The molecule has 1 aromatic heterocycles. The number of aromatic nitrogens is 1. The summed E-state index contributed by atoms with van der Waals surface area (Å²) >= 11 is 7.63. The molecule has 2 aliphatic heterocycles. The lowest BCUT2D eigenvalue weighted by Crippen LogP contribution is -2.41. The molecule has 5 aromatic rings. The second kappa shape index (κ2) is 12.5. The summed E-state index contributed by atoms with van der Waals surface area (Å²) < 4.78 is 13.0. The number of nitrogens with zero attached hydrogens (tertiary/aromatic N) is 3. The molecule has 1 atom stereocenters. The molecule has 47 heavy (non-hydrogen) atoms. The largest absolute Gasteiger partial charge is 0.496 e. The predicted octanol–water partition coefficient (Wildman–Crippen LogP) is 5.51. The number of esters is 1. The van der Waals surface area contributed by atoms with Gasteiger partial charge in [0.1, 0.15) is 16.3 Å². The van der Waals surface area contributed by atoms with E-state index >= 15 is 0 Å². The van der Waals surface area contributed by atoms with Crippen LogP contribution in [0.5, 0.6) is 5.75 Å². The molecule has 8 nitrogen and oxygen atoms in total. The number of anilines is 1. The molecule has 0 fully saturated rings. The van der Waals surface area contributed by atoms with Gasteiger partial charge < -0.3 is 14.4 Å². The molecule has 10 heteroatoms. The number of para-hydroxylation sites is 1. The fourth-order valence-electron chi connectivity index (χ4n) is 6.13. The molecule has 0 radical (unpaired) electrons. The SMILES string of the molecule is CCOC(=O)C1=C(c2ccccc2)N=c2s/c(=C3/C(=O)N(Cc4ccccc4)c4ccccc43)c(=O)n2[C@@H]1c1cc(Cl)ccc1OC. The summed E-state index contributed by atoms with van der Waals surface area (Å²) in [6.45, 7) is 2.17. The van der Waals surface area contributed by atoms with Crippen LogP contribution in [0.3, 0.4) is 0 Å². The molecule has 0 bridgehead atoms. The molecule has 0 saturated carbocycles. The summed E-state index contributed by atoms with van der Waals surface area (Å²) in [4.78, 5) is 49.8. The smallest absolute Gasteiger partial charge is 0.338 e. The number of hydrogen-bond donors (Lipinski definition) is 0. The summed E-state index contributed by atoms with van der Waals surface area (Å²) in [6.07, 6.45) is 0. The highest BCUT2D eigenvalue weighted by Crippen LogP contribution is 2.40. The van der Waals surface area contributed by atoms with Gasteiger partial charge >= 0.3 is 5.97 Å². The van der Waals surface area contributed by atoms with Crippen molar-refractivity contribution in [3.8, 4) is 5.75 Å². The normalized spacial score (nSPS) is 16.4. The first-order valence-corrected chi connectivity index (χ1v) is 16.2. The quantitative estimate of drug-likeness (QED) is 0.215. The van der Waals surface area contributed by atoms with Crippen LogP contribution >= 0.6 is 22.9 Å². The van der Waals surface area contributed by atoms with Crippen molar-refractivity contribution in [2.24, 2.45) is 4.99 Å². The number of carbonyl (C=O) groups is 2. The van der Waals surface area contributed by atoms with Crippen molar-refractivity contribution in [1.29, 1.82) is 0 Å². The van der Waals surface area contributed by atoms with Crippen molar-refractivity contribution < 1.29 is 19.1 Å². The minimum absolute atomic E-state index is 0.112. The number of rotatable bonds is 7. The van der Waals surface area contributed by atoms with Crippen LogP contribution in [0.15, 0.2) is 118 Å². The molecular formula is C37H28ClN3O5S. The van der Waals surface area contributed by atoms with Gasteiger partial charge in [0.15, 0.2) is 4.80 Å². The van der Waals surface area contributed by atoms with Gasteiger partial charge in [0.2, 0.25) is 0 Å². The van der Waals surface area contributed by atoms with Gasteiger partial charge in [-0.15, -0.1) is 0 Å². The van der Waals surface area contributed by atoms with E-state index in [1.54, 1.807) is 30.0 Å². The van der Waals surface area contributed by atoms with E-state index in [0.29, 0.717) is 55.8 Å². The molecule has 0 unspecified atom stereocenters. The maximum atomic E-state index is 14.7. The van der Waals surface area contributed by atoms with Crippen molar-refractivity contribution >= 4 is 51.8 Å². The molecule has 234 valence electrons. The van der Waals surface area contributed by atoms with Crippen molar-refractivity contribution in [3.05, 3.63) is 156 Å². The van der Waals surface area contributed by atoms with Crippen LogP contribution in [-0.2, 0) is 20.9 Å². The Labute approximate surface area is 279 Å². The topological polar surface area (TPSA) is 90.2 Å². The lowest BCUT2D eigenvalue weighted by atomic mass is 9.92. The van der Waals surface area contributed by atoms with Crippen LogP contribution in [0.25, 0.3) is 11.3 Å². The number of methoxy groups -OCH3 is 1. The first-order chi connectivity index (χ1) is 22.9. The number of fused-ring (bicyclic) bond motifs is 2. The second-order valence-electron chi connectivity index (χ2n) is 10.9. The molecule has 2 aliphatic rings. The molecule has 0 spiro atoms. The molecule has 7 rings (SSSR count). The Morgan fingerprint density at radius 3 is 2.36 bits per heavy atom. The second-order valence-corrected chi connectivity index (χ2v) is 12.3. The molecular weight excluding hydrogens is 634 g/mol. The number of carbonyl (C=O) groups excluding carboxylic acids is 2. The zero-order valence-corrected chi connectivity index (χ0v) is 27.0. The van der Waals surface area contributed by atoms with Gasteiger partial charge in [-0.25, -0.2) is 9.79 Å². The standard InChI is InChI=1S/C37H28ClN3O5S/c1-3-46-36(44)30-31(23-14-8-5-9-15-23)39-37-41(32(30)26-20-24(38)18-19-28(26)45-2)35(43)33(47-37)29-25-16-10-11-17-27(25)40(34(29)42)21-22-12-6-4-7-13-22/h4-20,32H,3,21H2,1-2H3/b33-29+/t32-/m1/s1. The lowest BCUT2D eigenvalue weighted by molar-refractivity contribution is -0.138. The number of benzene rings is 4. The monoisotopic (exact) mass is 661 g/mol. The van der Waals surface area contributed by atoms with Gasteiger partial charge in [0.05, 0.1) is 42.8 Å². The molecule has 4 aromatic carbocycles. The zero-order valence-electron chi connectivity index (χ0n) is 25.5. The highest BCUT2D eigenvalue weighted by Gasteiger charge is 2.39. The fourth-order valence-corrected chi connectivity index (χ4v) is 7.40. The third-order valence-corrected chi connectivity index (χ3v) is 9.46. The zero-order chi connectivity index (χ0) is 32.7. The van der Waals surface area contributed by atoms with Gasteiger partial charge in [-0.1, -0.05) is 102 Å². The van der Waals surface area contributed by atoms with Gasteiger partial charge in [-0.2, -0.15) is 0 Å². The molecule has 0 saturated heterocycles. The van der Waals surface area contributed by atoms with E-state index < -0.39 is 17.6 Å². The summed E-state index contributed by atoms with van der Waals surface area (Å²) in [5.41, 5.74) is 3.82. The molecule has 1 amide bonds. The summed E-state index contributed by atoms with van der Waals surface area (Å²) in [6, 6.07) is 30.4. The Kier molecular flexibility index (Phi) is 8.09. The Hall–Kier alpha value is -5.25. The van der Waals surface area contributed by atoms with Crippen molar-refractivity contribution in [2.45, 2.75) is 19.5 Å². The third-order valence-electron chi connectivity index (χ3n) is 8.17. The molecule has 0 N–H and O–H groups in total. The van der Waals surface area contributed by atoms with Gasteiger partial charge in [-0.05, 0) is 36.8 Å². The van der Waals surface area contributed by atoms with Gasteiger partial charge in [0, 0.05) is 21.7 Å². The van der Waals surface area contributed by atoms with E-state index in [1.165, 1.54) is 11.7 Å². The van der Waals surface area contributed by atoms with Crippen LogP contribution < -0.4 is 24.5 Å². The first-order valence-electron chi connectivity index (χ1n) is 15.0. The lowest BCUT2D eigenvalue weighted by Gasteiger charge is -2.27. The minimum atomic E-state index is -1.02. The van der Waals surface area contributed by atoms with E-state index in [2.05, 4.69) is 0 Å². The highest BCUT2D eigenvalue weighted by molar-refractivity contribution is 7.07. The van der Waals surface area contributed by atoms with Crippen molar-refractivity contribution in [2.75, 3.05) is 18.6 Å². The number of amides is 1. The Morgan fingerprint density at radius 1 is 0.936 bits per heavy atom. The predicted molar refractivity (Wildman–Crippen MR) is 182 cm³/mol. The van der Waals surface area contributed by atoms with Crippen molar-refractivity contribution in [1.82, 2.24) is 4.57 Å². The number of halogens is 1. The number of ether oxygens (including phenoxy) is 2. The Balaban J connectivity index is 1.54. The van der Waals surface area contributed by atoms with E-state index in [4.69, 9.17) is 26.1 Å². The van der Waals surface area contributed by atoms with E-state index in [-0.39, 0.29) is 22.6 Å². The molecule has 3 heterocycles. The van der Waals surface area contributed by atoms with Crippen LogP contribution in [0, 0.1) is 0 Å². The average Bonchev–Trinajstić information content (AvgIpc) is 3.56. The fraction of sp³-hybridized carbons (Fsp3) is 0.135. The summed E-state index contributed by atoms with van der Waals surface area (Å²) in [5, 5.41) is 0.392. The Morgan fingerprint density at radius 2 is 1.64 bits per heavy atom. The van der Waals surface area contributed by atoms with E-state index in [9.17, 15) is 14.4 Å². The van der Waals surface area contributed by atoms with Crippen LogP contribution in [0.2, 0.25) is 5.02 Å². The number of thiazole rings is 1. The highest BCUT2D eigenvalue weighted by atomic mass is 35.5. The van der Waals surface area contributed by atoms with Crippen LogP contribution in [0.4, 0.5) is 5.69 Å². The summed E-state index contributed by atoms with van der Waals surface area (Å²) in [5.74, 6) is -0.494. The van der Waals surface area contributed by atoms with E-state index in [1.807, 2.05) is 84.9 Å². The van der Waals surface area contributed by atoms with Crippen LogP contribution in [0.1, 0.15) is 35.2 Å². The Bertz CT molecular complexity index is 2260. The maximum Gasteiger partial charge on any atom is 0.338 e. The maximum absolute atomic E-state index is 14.7. The minimum Gasteiger partial charge on any atom is -0.496 e. The summed E-state index contributed by atoms with van der Waals surface area (Å²) in [7, 11) is 1.51. The van der Waals surface area contributed by atoms with E-state index in [0.717, 1.165) is 16.9 Å². The van der Waals surface area contributed by atoms with Crippen molar-refractivity contribution in [3.63, 3.8) is 0 Å². The number of hydrogen-bond acceptors (Lipinski definition) is 7. The third kappa shape index (κ3) is 5.27. The first kappa shape index (κ1) is 30.4. The van der Waals surface area contributed by atoms with Crippen LogP contribution in [-0.4, -0.2) is 30.2 Å². The molecule has 0 aliphatic carbocycles. The van der Waals surface area contributed by atoms with Gasteiger partial charge in [-0.3, -0.25) is 14.2 Å². The average molecular weight is 662 g/mol.